The molecule has 4 N–H and O–H groups in total. The van der Waals surface area contributed by atoms with E-state index >= 15 is 0 Å². The summed E-state index contributed by atoms with van der Waals surface area (Å²) in [6.07, 6.45) is 0.576. The molecular formula is C9H22N4O. The Balaban J connectivity index is 3.49. The molecule has 1 unspecified atom stereocenters. The van der Waals surface area contributed by atoms with Gasteiger partial charge in [0.25, 0.3) is 0 Å². The van der Waals surface area contributed by atoms with E-state index in [0.717, 1.165) is 19.6 Å². The van der Waals surface area contributed by atoms with Crippen LogP contribution in [0.3, 0.4) is 0 Å². The lowest BCUT2D eigenvalue weighted by Crippen LogP contribution is -2.36. The summed E-state index contributed by atoms with van der Waals surface area (Å²) in [6.45, 7) is 7.13. The number of nitrogens with zero attached hydrogens (tertiary/aromatic N) is 2. The Morgan fingerprint density at radius 1 is 1.64 bits per heavy atom. The smallest absolute Gasteiger partial charge is 0.140 e. The quantitative estimate of drug-likeness (QED) is 0.236. The molecule has 0 bridgehead atoms. The first-order valence-corrected chi connectivity index (χ1v) is 4.98. The van der Waals surface area contributed by atoms with Crippen LogP contribution in [0.1, 0.15) is 20.3 Å². The van der Waals surface area contributed by atoms with E-state index in [1.165, 1.54) is 0 Å². The second kappa shape index (κ2) is 7.58. The van der Waals surface area contributed by atoms with Gasteiger partial charge in [-0.05, 0) is 20.5 Å². The van der Waals surface area contributed by atoms with E-state index in [9.17, 15) is 0 Å². The van der Waals surface area contributed by atoms with Gasteiger partial charge in [-0.3, -0.25) is 0 Å². The molecule has 5 nitrogen and oxygen atoms in total. The van der Waals surface area contributed by atoms with Crippen LogP contribution in [-0.2, 0) is 0 Å². The largest absolute Gasteiger partial charge is 0.409 e. The van der Waals surface area contributed by atoms with Crippen LogP contribution >= 0.6 is 0 Å². The van der Waals surface area contributed by atoms with Crippen LogP contribution in [0.2, 0.25) is 0 Å². The first-order valence-electron chi connectivity index (χ1n) is 4.98. The summed E-state index contributed by atoms with van der Waals surface area (Å²) in [4.78, 5) is 2.23. The van der Waals surface area contributed by atoms with Gasteiger partial charge in [0.05, 0.1) is 0 Å². The van der Waals surface area contributed by atoms with Crippen LogP contribution in [0, 0.1) is 0 Å². The summed E-state index contributed by atoms with van der Waals surface area (Å²) < 4.78 is 0. The highest BCUT2D eigenvalue weighted by Gasteiger charge is 2.04. The summed E-state index contributed by atoms with van der Waals surface area (Å²) in [5.41, 5.74) is 5.38. The second-order valence-electron chi connectivity index (χ2n) is 3.55. The van der Waals surface area contributed by atoms with Gasteiger partial charge in [-0.1, -0.05) is 12.1 Å². The van der Waals surface area contributed by atoms with E-state index in [4.69, 9.17) is 10.9 Å². The normalized spacial score (nSPS) is 14.7. The summed E-state index contributed by atoms with van der Waals surface area (Å²) >= 11 is 0. The van der Waals surface area contributed by atoms with Gasteiger partial charge >= 0.3 is 0 Å². The minimum absolute atomic E-state index is 0.246. The van der Waals surface area contributed by atoms with Crippen LogP contribution in [0.5, 0.6) is 0 Å². The topological polar surface area (TPSA) is 73.9 Å². The summed E-state index contributed by atoms with van der Waals surface area (Å²) in [5, 5.41) is 14.6. The number of hydrogen-bond acceptors (Lipinski definition) is 4. The van der Waals surface area contributed by atoms with Crippen LogP contribution in [0.25, 0.3) is 0 Å². The molecule has 0 heterocycles. The highest BCUT2D eigenvalue weighted by Crippen LogP contribution is 1.90. The first-order chi connectivity index (χ1) is 6.60. The molecule has 84 valence electrons. The van der Waals surface area contributed by atoms with Crippen molar-refractivity contribution in [3.63, 3.8) is 0 Å². The minimum Gasteiger partial charge on any atom is -0.409 e. The highest BCUT2D eigenvalue weighted by atomic mass is 16.4. The molecular weight excluding hydrogens is 180 g/mol. The first kappa shape index (κ1) is 13.2. The zero-order valence-corrected chi connectivity index (χ0v) is 9.32. The predicted molar refractivity (Wildman–Crippen MR) is 58.7 cm³/mol. The molecule has 0 radical (unpaired) electrons. The van der Waals surface area contributed by atoms with Gasteiger partial charge in [0, 0.05) is 25.6 Å². The van der Waals surface area contributed by atoms with Gasteiger partial charge in [0.2, 0.25) is 0 Å². The van der Waals surface area contributed by atoms with Crippen molar-refractivity contribution in [3.8, 4) is 0 Å². The van der Waals surface area contributed by atoms with Gasteiger partial charge in [0.1, 0.15) is 5.84 Å². The van der Waals surface area contributed by atoms with Crippen molar-refractivity contribution >= 4 is 5.84 Å². The molecule has 0 aromatic rings. The lowest BCUT2D eigenvalue weighted by molar-refractivity contribution is 0.314. The summed E-state index contributed by atoms with van der Waals surface area (Å²) in [7, 11) is 2.08. The molecule has 0 aromatic heterocycles. The fourth-order valence-corrected chi connectivity index (χ4v) is 1.09. The SMILES string of the molecule is CCN(C)CCNC(C)CC(N)=NO. The third-order valence-electron chi connectivity index (χ3n) is 2.17. The number of hydrogen-bond donors (Lipinski definition) is 3. The number of likely N-dealkylation sites (N-methyl/N-ethyl adjacent to an activating group) is 1. The molecule has 0 fully saturated rings. The molecule has 0 saturated heterocycles. The van der Waals surface area contributed by atoms with Gasteiger partial charge in [-0.25, -0.2) is 0 Å². The molecule has 5 heteroatoms. The van der Waals surface area contributed by atoms with Gasteiger partial charge < -0.3 is 21.2 Å². The number of oxime groups is 1. The Labute approximate surface area is 86.0 Å². The van der Waals surface area contributed by atoms with Crippen molar-refractivity contribution < 1.29 is 5.21 Å². The predicted octanol–water partition coefficient (Wildman–Crippen LogP) is 0.0527. The number of rotatable bonds is 7. The number of amidine groups is 1. The maximum Gasteiger partial charge on any atom is 0.140 e. The molecule has 0 aliphatic heterocycles. The highest BCUT2D eigenvalue weighted by molar-refractivity contribution is 5.80. The molecule has 1 atom stereocenters. The molecule has 0 spiro atoms. The average Bonchev–Trinajstić information content (AvgIpc) is 2.17. The maximum atomic E-state index is 8.36. The van der Waals surface area contributed by atoms with E-state index in [0.29, 0.717) is 6.42 Å². The van der Waals surface area contributed by atoms with Crippen molar-refractivity contribution in [2.45, 2.75) is 26.3 Å². The maximum absolute atomic E-state index is 8.36. The van der Waals surface area contributed by atoms with Crippen LogP contribution in [-0.4, -0.2) is 48.7 Å². The lowest BCUT2D eigenvalue weighted by atomic mass is 10.2. The minimum atomic E-state index is 0.246. The van der Waals surface area contributed by atoms with Crippen LogP contribution in [0.4, 0.5) is 0 Å². The molecule has 0 saturated carbocycles. The molecule has 0 aromatic carbocycles. The van der Waals surface area contributed by atoms with Crippen molar-refractivity contribution in [2.24, 2.45) is 10.9 Å². The Morgan fingerprint density at radius 2 is 2.29 bits per heavy atom. The fourth-order valence-electron chi connectivity index (χ4n) is 1.09. The summed E-state index contributed by atoms with van der Waals surface area (Å²) in [6, 6.07) is 0.246. The van der Waals surface area contributed by atoms with Gasteiger partial charge in [0.15, 0.2) is 0 Å². The van der Waals surface area contributed by atoms with Crippen LogP contribution in [0.15, 0.2) is 5.16 Å². The zero-order valence-electron chi connectivity index (χ0n) is 9.32. The van der Waals surface area contributed by atoms with Crippen molar-refractivity contribution in [1.29, 1.82) is 0 Å². The molecule has 0 rings (SSSR count). The number of nitrogens with two attached hydrogens (primary N) is 1. The molecule has 0 aliphatic carbocycles. The van der Waals surface area contributed by atoms with E-state index < -0.39 is 0 Å². The van der Waals surface area contributed by atoms with E-state index in [-0.39, 0.29) is 11.9 Å². The van der Waals surface area contributed by atoms with Crippen LogP contribution < -0.4 is 11.1 Å². The molecule has 0 aliphatic rings. The van der Waals surface area contributed by atoms with Crippen molar-refractivity contribution in [1.82, 2.24) is 10.2 Å². The van der Waals surface area contributed by atoms with Gasteiger partial charge in [-0.2, -0.15) is 0 Å². The molecule has 0 amide bonds. The monoisotopic (exact) mass is 202 g/mol. The van der Waals surface area contributed by atoms with Crippen molar-refractivity contribution in [2.75, 3.05) is 26.7 Å². The van der Waals surface area contributed by atoms with E-state index in [2.05, 4.69) is 29.3 Å². The second-order valence-corrected chi connectivity index (χ2v) is 3.55. The Hall–Kier alpha value is -0.810. The third-order valence-corrected chi connectivity index (χ3v) is 2.17. The Bertz CT molecular complexity index is 172. The average molecular weight is 202 g/mol. The standard InChI is InChI=1S/C9H22N4O/c1-4-13(3)6-5-11-8(2)7-9(10)12-14/h8,11,14H,4-7H2,1-3H3,(H2,10,12). The van der Waals surface area contributed by atoms with E-state index in [1.807, 2.05) is 6.92 Å². The van der Waals surface area contributed by atoms with E-state index in [1.54, 1.807) is 0 Å². The van der Waals surface area contributed by atoms with Gasteiger partial charge in [-0.15, -0.1) is 0 Å². The Kier molecular flexibility index (Phi) is 7.14. The lowest BCUT2D eigenvalue weighted by Gasteiger charge is -2.17. The zero-order chi connectivity index (χ0) is 11.0. The Morgan fingerprint density at radius 3 is 2.79 bits per heavy atom. The van der Waals surface area contributed by atoms with Crippen molar-refractivity contribution in [3.05, 3.63) is 0 Å². The molecule has 14 heavy (non-hydrogen) atoms. The summed E-state index contributed by atoms with van der Waals surface area (Å²) in [5.74, 6) is 0.272. The number of nitrogens with one attached hydrogen (secondary N) is 1. The third kappa shape index (κ3) is 6.68. The fraction of sp³-hybridized carbons (Fsp3) is 0.889.